The molecule has 3 nitrogen and oxygen atoms in total. The highest BCUT2D eigenvalue weighted by molar-refractivity contribution is 9.10. The normalized spacial score (nSPS) is 10.1. The summed E-state index contributed by atoms with van der Waals surface area (Å²) in [6.45, 7) is 1.94. The van der Waals surface area contributed by atoms with Gasteiger partial charge in [-0.05, 0) is 19.1 Å². The molecule has 0 spiro atoms. The van der Waals surface area contributed by atoms with Gasteiger partial charge in [-0.1, -0.05) is 15.9 Å². The molecule has 1 N–H and O–H groups in total. The van der Waals surface area contributed by atoms with Crippen molar-refractivity contribution in [2.45, 2.75) is 13.3 Å². The number of carbonyl (C=O) groups is 1. The summed E-state index contributed by atoms with van der Waals surface area (Å²) < 4.78 is 18.2. The van der Waals surface area contributed by atoms with Crippen molar-refractivity contribution in [1.29, 1.82) is 0 Å². The fraction of sp³-hybridized carbons (Fsp3) is 0.300. The monoisotopic (exact) mass is 276 g/mol. The van der Waals surface area contributed by atoms with Crippen LogP contribution < -0.4 is 0 Å². The Kier molecular flexibility index (Phi) is 4.08. The third-order valence-electron chi connectivity index (χ3n) is 1.75. The molecule has 0 heterocycles. The molecule has 0 unspecified atom stereocenters. The summed E-state index contributed by atoms with van der Waals surface area (Å²) in [4.78, 5) is 11.1. The molecule has 82 valence electrons. The van der Waals surface area contributed by atoms with Gasteiger partial charge in [-0.15, -0.1) is 0 Å². The van der Waals surface area contributed by atoms with Gasteiger partial charge in [0.1, 0.15) is 0 Å². The molecule has 0 amide bonds. The standard InChI is InChI=1S/C10H10BrFO3/c1-2-15-9(13)4-6-3-7(11)5-8(12)10(6)14/h3,5,14H,2,4H2,1H3. The van der Waals surface area contributed by atoms with E-state index in [1.165, 1.54) is 6.07 Å². The van der Waals surface area contributed by atoms with Gasteiger partial charge in [-0.25, -0.2) is 4.39 Å². The van der Waals surface area contributed by atoms with E-state index in [-0.39, 0.29) is 18.6 Å². The second-order valence-electron chi connectivity index (χ2n) is 2.88. The Morgan fingerprint density at radius 3 is 2.87 bits per heavy atom. The van der Waals surface area contributed by atoms with Gasteiger partial charge < -0.3 is 9.84 Å². The van der Waals surface area contributed by atoms with Crippen molar-refractivity contribution in [3.8, 4) is 5.75 Å². The van der Waals surface area contributed by atoms with Crippen LogP contribution in [0.15, 0.2) is 16.6 Å². The average molecular weight is 277 g/mol. The van der Waals surface area contributed by atoms with Crippen molar-refractivity contribution >= 4 is 21.9 Å². The van der Waals surface area contributed by atoms with Gasteiger partial charge in [-0.3, -0.25) is 4.79 Å². The van der Waals surface area contributed by atoms with E-state index in [1.807, 2.05) is 0 Å². The minimum absolute atomic E-state index is 0.143. The third kappa shape index (κ3) is 3.20. The smallest absolute Gasteiger partial charge is 0.310 e. The van der Waals surface area contributed by atoms with Crippen molar-refractivity contribution in [2.24, 2.45) is 0 Å². The first-order valence-corrected chi connectivity index (χ1v) is 5.16. The van der Waals surface area contributed by atoms with Gasteiger partial charge in [0.05, 0.1) is 13.0 Å². The molecule has 0 fully saturated rings. The van der Waals surface area contributed by atoms with Gasteiger partial charge in [0.25, 0.3) is 0 Å². The molecule has 0 bridgehead atoms. The number of halogens is 2. The molecule has 15 heavy (non-hydrogen) atoms. The maximum Gasteiger partial charge on any atom is 0.310 e. The largest absolute Gasteiger partial charge is 0.505 e. The number of hydrogen-bond donors (Lipinski definition) is 1. The highest BCUT2D eigenvalue weighted by Crippen LogP contribution is 2.26. The van der Waals surface area contributed by atoms with Crippen LogP contribution in [0.1, 0.15) is 12.5 Å². The minimum Gasteiger partial charge on any atom is -0.505 e. The summed E-state index contributed by atoms with van der Waals surface area (Å²) in [5, 5.41) is 9.34. The summed E-state index contributed by atoms with van der Waals surface area (Å²) in [5.74, 6) is -1.76. The summed E-state index contributed by atoms with van der Waals surface area (Å²) in [6, 6.07) is 2.61. The Morgan fingerprint density at radius 2 is 2.27 bits per heavy atom. The number of carbonyl (C=O) groups excluding carboxylic acids is 1. The number of phenolic OH excluding ortho intramolecular Hbond substituents is 1. The number of aromatic hydroxyl groups is 1. The van der Waals surface area contributed by atoms with Crippen LogP contribution in [0.2, 0.25) is 0 Å². The Hall–Kier alpha value is -1.10. The van der Waals surface area contributed by atoms with E-state index in [1.54, 1.807) is 6.92 Å². The van der Waals surface area contributed by atoms with Crippen LogP contribution in [0.25, 0.3) is 0 Å². The number of ether oxygens (including phenoxy) is 1. The summed E-state index contributed by atoms with van der Waals surface area (Å²) in [6.07, 6.45) is -0.143. The first-order valence-electron chi connectivity index (χ1n) is 4.37. The molecular formula is C10H10BrFO3. The van der Waals surface area contributed by atoms with Crippen LogP contribution in [-0.4, -0.2) is 17.7 Å². The van der Waals surface area contributed by atoms with Crippen molar-refractivity contribution in [2.75, 3.05) is 6.61 Å². The number of phenols is 1. The van der Waals surface area contributed by atoms with E-state index in [0.29, 0.717) is 4.47 Å². The molecule has 0 atom stereocenters. The number of hydrogen-bond acceptors (Lipinski definition) is 3. The lowest BCUT2D eigenvalue weighted by molar-refractivity contribution is -0.142. The maximum atomic E-state index is 13.0. The van der Waals surface area contributed by atoms with Crippen LogP contribution in [0.4, 0.5) is 4.39 Å². The Balaban J connectivity index is 2.89. The van der Waals surface area contributed by atoms with E-state index < -0.39 is 17.5 Å². The lowest BCUT2D eigenvalue weighted by Gasteiger charge is -2.06. The second-order valence-corrected chi connectivity index (χ2v) is 3.79. The second kappa shape index (κ2) is 5.11. The summed E-state index contributed by atoms with van der Waals surface area (Å²) in [5.41, 5.74) is 0.209. The zero-order chi connectivity index (χ0) is 11.4. The number of rotatable bonds is 3. The average Bonchev–Trinajstić information content (AvgIpc) is 2.13. The van der Waals surface area contributed by atoms with E-state index in [0.717, 1.165) is 6.07 Å². The molecule has 0 aliphatic heterocycles. The molecule has 0 saturated carbocycles. The lowest BCUT2D eigenvalue weighted by atomic mass is 10.1. The Morgan fingerprint density at radius 1 is 1.60 bits per heavy atom. The van der Waals surface area contributed by atoms with Gasteiger partial charge in [-0.2, -0.15) is 0 Å². The first kappa shape index (κ1) is 12.0. The first-order chi connectivity index (χ1) is 7.04. The van der Waals surface area contributed by atoms with Crippen molar-refractivity contribution in [1.82, 2.24) is 0 Å². The molecule has 1 aromatic carbocycles. The van der Waals surface area contributed by atoms with Crippen LogP contribution in [0, 0.1) is 5.82 Å². The molecule has 1 aromatic rings. The Bertz CT molecular complexity index is 379. The molecule has 0 aliphatic rings. The molecule has 0 aliphatic carbocycles. The minimum atomic E-state index is -0.760. The van der Waals surface area contributed by atoms with Crippen molar-refractivity contribution in [3.63, 3.8) is 0 Å². The molecule has 0 radical (unpaired) electrons. The molecule has 1 rings (SSSR count). The van der Waals surface area contributed by atoms with E-state index in [4.69, 9.17) is 4.74 Å². The van der Waals surface area contributed by atoms with Gasteiger partial charge >= 0.3 is 5.97 Å². The van der Waals surface area contributed by atoms with Crippen molar-refractivity contribution in [3.05, 3.63) is 28.0 Å². The molecule has 0 aromatic heterocycles. The number of esters is 1. The maximum absolute atomic E-state index is 13.0. The molecule has 0 saturated heterocycles. The fourth-order valence-electron chi connectivity index (χ4n) is 1.12. The summed E-state index contributed by atoms with van der Waals surface area (Å²) in [7, 11) is 0. The molecular weight excluding hydrogens is 267 g/mol. The SMILES string of the molecule is CCOC(=O)Cc1cc(Br)cc(F)c1O. The zero-order valence-corrected chi connectivity index (χ0v) is 9.67. The van der Waals surface area contributed by atoms with Gasteiger partial charge in [0.15, 0.2) is 11.6 Å². The predicted molar refractivity (Wildman–Crippen MR) is 56.1 cm³/mol. The van der Waals surface area contributed by atoms with Crippen LogP contribution in [-0.2, 0) is 16.0 Å². The quantitative estimate of drug-likeness (QED) is 0.863. The van der Waals surface area contributed by atoms with Gasteiger partial charge in [0, 0.05) is 10.0 Å². The summed E-state index contributed by atoms with van der Waals surface area (Å²) >= 11 is 3.07. The lowest BCUT2D eigenvalue weighted by Crippen LogP contribution is -2.08. The zero-order valence-electron chi connectivity index (χ0n) is 8.09. The third-order valence-corrected chi connectivity index (χ3v) is 2.21. The van der Waals surface area contributed by atoms with Crippen LogP contribution in [0.5, 0.6) is 5.75 Å². The molecule has 5 heteroatoms. The highest BCUT2D eigenvalue weighted by atomic mass is 79.9. The van der Waals surface area contributed by atoms with E-state index in [9.17, 15) is 14.3 Å². The van der Waals surface area contributed by atoms with Crippen LogP contribution in [0.3, 0.4) is 0 Å². The Labute approximate surface area is 95.0 Å². The topological polar surface area (TPSA) is 46.5 Å². The number of benzene rings is 1. The van der Waals surface area contributed by atoms with Crippen LogP contribution >= 0.6 is 15.9 Å². The van der Waals surface area contributed by atoms with E-state index in [2.05, 4.69) is 15.9 Å². The van der Waals surface area contributed by atoms with Crippen molar-refractivity contribution < 1.29 is 19.0 Å². The highest BCUT2D eigenvalue weighted by Gasteiger charge is 2.13. The fourth-order valence-corrected chi connectivity index (χ4v) is 1.60. The van der Waals surface area contributed by atoms with E-state index >= 15 is 0 Å². The van der Waals surface area contributed by atoms with Gasteiger partial charge in [0.2, 0.25) is 0 Å². The predicted octanol–water partition coefficient (Wildman–Crippen LogP) is 2.40.